The number of hydrogen-bond acceptors (Lipinski definition) is 4. The number of rotatable bonds is 7. The minimum atomic E-state index is -0.583. The lowest BCUT2D eigenvalue weighted by atomic mass is 10.1. The Morgan fingerprint density at radius 2 is 2.12 bits per heavy atom. The minimum Gasteiger partial charge on any atom is -0.486 e. The second-order valence-corrected chi connectivity index (χ2v) is 4.93. The van der Waals surface area contributed by atoms with Crippen molar-refractivity contribution in [2.75, 3.05) is 18.5 Å². The number of nitriles is 1. The quantitative estimate of drug-likeness (QED) is 0.847. The summed E-state index contributed by atoms with van der Waals surface area (Å²) in [5.41, 5.74) is 1.61. The Hall–Kier alpha value is -2.91. The topological polar surface area (TPSA) is 71.3 Å². The summed E-state index contributed by atoms with van der Waals surface area (Å²) in [5.74, 6) is -0.862. The molecule has 0 atom stereocenters. The van der Waals surface area contributed by atoms with Gasteiger partial charge >= 0.3 is 0 Å². The Bertz CT molecular complexity index is 756. The van der Waals surface area contributed by atoms with Crippen LogP contribution in [-0.4, -0.2) is 19.1 Å². The summed E-state index contributed by atoms with van der Waals surface area (Å²) in [5, 5.41) is 11.4. The van der Waals surface area contributed by atoms with Crippen LogP contribution in [-0.2, 0) is 16.1 Å². The van der Waals surface area contributed by atoms with Gasteiger partial charge in [0.1, 0.15) is 13.2 Å². The molecule has 0 unspecified atom stereocenters. The smallest absolute Gasteiger partial charge is 0.250 e. The van der Waals surface area contributed by atoms with Crippen molar-refractivity contribution in [2.24, 2.45) is 0 Å². The van der Waals surface area contributed by atoms with E-state index in [0.717, 1.165) is 5.56 Å². The van der Waals surface area contributed by atoms with Crippen molar-refractivity contribution in [1.29, 1.82) is 5.26 Å². The van der Waals surface area contributed by atoms with E-state index in [9.17, 15) is 9.18 Å². The molecule has 24 heavy (non-hydrogen) atoms. The molecule has 2 aromatic carbocycles. The van der Waals surface area contributed by atoms with Crippen LogP contribution in [0.5, 0.6) is 5.75 Å². The molecule has 0 bridgehead atoms. The van der Waals surface area contributed by atoms with Gasteiger partial charge in [-0.2, -0.15) is 5.26 Å². The van der Waals surface area contributed by atoms with Gasteiger partial charge in [-0.05, 0) is 36.8 Å². The van der Waals surface area contributed by atoms with Gasteiger partial charge in [0.25, 0.3) is 0 Å². The van der Waals surface area contributed by atoms with Gasteiger partial charge in [-0.3, -0.25) is 4.79 Å². The van der Waals surface area contributed by atoms with Crippen LogP contribution in [0, 0.1) is 17.1 Å². The minimum absolute atomic E-state index is 0.0696. The van der Waals surface area contributed by atoms with Gasteiger partial charge < -0.3 is 14.8 Å². The summed E-state index contributed by atoms with van der Waals surface area (Å²) in [6.07, 6.45) is 0. The molecule has 0 aliphatic carbocycles. The van der Waals surface area contributed by atoms with Crippen molar-refractivity contribution in [3.05, 3.63) is 59.4 Å². The van der Waals surface area contributed by atoms with Gasteiger partial charge in [0.05, 0.1) is 11.6 Å². The maximum atomic E-state index is 14.0. The lowest BCUT2D eigenvalue weighted by Crippen LogP contribution is -2.18. The van der Waals surface area contributed by atoms with Crippen LogP contribution in [0.25, 0.3) is 0 Å². The summed E-state index contributed by atoms with van der Waals surface area (Å²) in [7, 11) is 0. The summed E-state index contributed by atoms with van der Waals surface area (Å²) in [6, 6.07) is 13.1. The van der Waals surface area contributed by atoms with Crippen molar-refractivity contribution in [2.45, 2.75) is 13.5 Å². The maximum absolute atomic E-state index is 14.0. The number of anilines is 1. The van der Waals surface area contributed by atoms with Gasteiger partial charge in [0.15, 0.2) is 11.6 Å². The Labute approximate surface area is 139 Å². The van der Waals surface area contributed by atoms with Crippen LogP contribution < -0.4 is 10.1 Å². The number of carbonyl (C=O) groups is 1. The molecule has 0 aliphatic heterocycles. The van der Waals surface area contributed by atoms with Gasteiger partial charge in [0, 0.05) is 18.4 Å². The van der Waals surface area contributed by atoms with Crippen LogP contribution in [0.15, 0.2) is 42.5 Å². The first-order valence-electron chi connectivity index (χ1n) is 7.41. The molecule has 0 saturated carbocycles. The fourth-order valence-electron chi connectivity index (χ4n) is 1.98. The van der Waals surface area contributed by atoms with Crippen LogP contribution in [0.2, 0.25) is 0 Å². The van der Waals surface area contributed by atoms with E-state index < -0.39 is 5.82 Å². The number of nitrogens with zero attached hydrogens (tertiary/aromatic N) is 1. The van der Waals surface area contributed by atoms with E-state index in [0.29, 0.717) is 17.9 Å². The highest BCUT2D eigenvalue weighted by atomic mass is 19.1. The van der Waals surface area contributed by atoms with E-state index >= 15 is 0 Å². The standard InChI is InChI=1S/C18H17FN2O3/c1-2-23-12-18(22)21-15-6-7-17(16(19)9-15)24-11-14-5-3-4-13(8-14)10-20/h3-9H,2,11-12H2,1H3,(H,21,22). The third-order valence-corrected chi connectivity index (χ3v) is 3.10. The number of amides is 1. The molecule has 6 heteroatoms. The molecule has 1 amide bonds. The van der Waals surface area contributed by atoms with Crippen LogP contribution >= 0.6 is 0 Å². The predicted molar refractivity (Wildman–Crippen MR) is 87.0 cm³/mol. The van der Waals surface area contributed by atoms with E-state index in [1.807, 2.05) is 6.07 Å². The lowest BCUT2D eigenvalue weighted by Gasteiger charge is -2.10. The van der Waals surface area contributed by atoms with Crippen LogP contribution in [0.1, 0.15) is 18.1 Å². The first-order valence-corrected chi connectivity index (χ1v) is 7.41. The number of nitrogens with one attached hydrogen (secondary N) is 1. The molecule has 0 radical (unpaired) electrons. The largest absolute Gasteiger partial charge is 0.486 e. The van der Waals surface area contributed by atoms with Crippen molar-refractivity contribution in [3.8, 4) is 11.8 Å². The second kappa shape index (κ2) is 8.65. The van der Waals surface area contributed by atoms with Gasteiger partial charge in [-0.15, -0.1) is 0 Å². The van der Waals surface area contributed by atoms with Crippen molar-refractivity contribution < 1.29 is 18.7 Å². The molecule has 124 valence electrons. The van der Waals surface area contributed by atoms with Crippen LogP contribution in [0.3, 0.4) is 0 Å². The first kappa shape index (κ1) is 17.4. The van der Waals surface area contributed by atoms with Gasteiger partial charge in [-0.1, -0.05) is 12.1 Å². The zero-order valence-electron chi connectivity index (χ0n) is 13.2. The lowest BCUT2D eigenvalue weighted by molar-refractivity contribution is -0.120. The van der Waals surface area contributed by atoms with E-state index in [1.54, 1.807) is 37.3 Å². The zero-order valence-corrected chi connectivity index (χ0v) is 13.2. The van der Waals surface area contributed by atoms with Crippen molar-refractivity contribution >= 4 is 11.6 Å². The zero-order chi connectivity index (χ0) is 17.4. The normalized spacial score (nSPS) is 10.0. The summed E-state index contributed by atoms with van der Waals surface area (Å²) < 4.78 is 24.4. The van der Waals surface area contributed by atoms with Crippen LogP contribution in [0.4, 0.5) is 10.1 Å². The number of carbonyl (C=O) groups excluding carboxylic acids is 1. The highest BCUT2D eigenvalue weighted by molar-refractivity contribution is 5.91. The molecular weight excluding hydrogens is 311 g/mol. The number of ether oxygens (including phenoxy) is 2. The van der Waals surface area contributed by atoms with E-state index in [2.05, 4.69) is 5.32 Å². The third-order valence-electron chi connectivity index (χ3n) is 3.10. The number of halogens is 1. The third kappa shape index (κ3) is 5.07. The molecule has 1 N–H and O–H groups in total. The highest BCUT2D eigenvalue weighted by Crippen LogP contribution is 2.22. The predicted octanol–water partition coefficient (Wildman–Crippen LogP) is 3.25. The first-order chi connectivity index (χ1) is 11.6. The molecule has 2 rings (SSSR count). The molecule has 2 aromatic rings. The van der Waals surface area contributed by atoms with E-state index in [-0.39, 0.29) is 24.9 Å². The Morgan fingerprint density at radius 1 is 1.29 bits per heavy atom. The fourth-order valence-corrected chi connectivity index (χ4v) is 1.98. The van der Waals surface area contributed by atoms with E-state index in [1.165, 1.54) is 12.1 Å². The van der Waals surface area contributed by atoms with Gasteiger partial charge in [-0.25, -0.2) is 4.39 Å². The maximum Gasteiger partial charge on any atom is 0.250 e. The molecule has 0 aromatic heterocycles. The molecular formula is C18H17FN2O3. The fraction of sp³-hybridized carbons (Fsp3) is 0.222. The van der Waals surface area contributed by atoms with E-state index in [4.69, 9.17) is 14.7 Å². The average Bonchev–Trinajstić information content (AvgIpc) is 2.59. The molecule has 0 fully saturated rings. The SMILES string of the molecule is CCOCC(=O)Nc1ccc(OCc2cccc(C#N)c2)c(F)c1. The number of benzene rings is 2. The Balaban J connectivity index is 1.97. The van der Waals surface area contributed by atoms with Gasteiger partial charge in [0.2, 0.25) is 5.91 Å². The number of hydrogen-bond donors (Lipinski definition) is 1. The summed E-state index contributed by atoms with van der Waals surface area (Å²) in [6.45, 7) is 2.28. The molecule has 5 nitrogen and oxygen atoms in total. The highest BCUT2D eigenvalue weighted by Gasteiger charge is 2.08. The Morgan fingerprint density at radius 3 is 2.83 bits per heavy atom. The molecule has 0 aliphatic rings. The molecule has 0 spiro atoms. The Kier molecular flexibility index (Phi) is 6.29. The average molecular weight is 328 g/mol. The summed E-state index contributed by atoms with van der Waals surface area (Å²) in [4.78, 5) is 11.5. The molecule has 0 heterocycles. The van der Waals surface area contributed by atoms with Crippen molar-refractivity contribution in [1.82, 2.24) is 0 Å². The summed E-state index contributed by atoms with van der Waals surface area (Å²) >= 11 is 0. The molecule has 0 saturated heterocycles. The second-order valence-electron chi connectivity index (χ2n) is 4.93. The van der Waals surface area contributed by atoms with Crippen molar-refractivity contribution in [3.63, 3.8) is 0 Å². The monoisotopic (exact) mass is 328 g/mol.